The van der Waals surface area contributed by atoms with E-state index in [1.165, 1.54) is 0 Å². The van der Waals surface area contributed by atoms with Gasteiger partial charge in [-0.2, -0.15) is 0 Å². The fourth-order valence-electron chi connectivity index (χ4n) is 3.03. The van der Waals surface area contributed by atoms with E-state index in [1.807, 2.05) is 63.4 Å². The van der Waals surface area contributed by atoms with Gasteiger partial charge in [0.25, 0.3) is 0 Å². The number of aromatic nitrogens is 1. The summed E-state index contributed by atoms with van der Waals surface area (Å²) in [6.45, 7) is 8.30. The van der Waals surface area contributed by atoms with E-state index in [-0.39, 0.29) is 11.9 Å². The van der Waals surface area contributed by atoms with Crippen LogP contribution in [-0.4, -0.2) is 53.6 Å². The van der Waals surface area contributed by atoms with Crippen molar-refractivity contribution >= 4 is 17.7 Å². The average Bonchev–Trinajstić information content (AvgIpc) is 2.67. The predicted molar refractivity (Wildman–Crippen MR) is 111 cm³/mol. The van der Waals surface area contributed by atoms with Gasteiger partial charge in [-0.1, -0.05) is 24.3 Å². The number of pyridine rings is 1. The van der Waals surface area contributed by atoms with E-state index in [4.69, 9.17) is 15.9 Å². The standard InChI is InChI=1S/C21H27N5O2/c1-21(2,3)28-20(27)26-12-10-25(11-13-26)18-9-8-17(14-24-18)15-4-6-16(7-5-15)19(22)23/h4-9,14H,10-13H2,1-3H3,(H3,22,23). The number of carbonyl (C=O) groups is 1. The van der Waals surface area contributed by atoms with Crippen LogP contribution in [0, 0.1) is 5.41 Å². The summed E-state index contributed by atoms with van der Waals surface area (Å²) in [4.78, 5) is 20.7. The van der Waals surface area contributed by atoms with Crippen molar-refractivity contribution in [3.8, 4) is 11.1 Å². The Morgan fingerprint density at radius 2 is 1.64 bits per heavy atom. The molecule has 1 aromatic carbocycles. The smallest absolute Gasteiger partial charge is 0.410 e. The van der Waals surface area contributed by atoms with Gasteiger partial charge in [0, 0.05) is 43.5 Å². The summed E-state index contributed by atoms with van der Waals surface area (Å²) in [5.41, 5.74) is 7.76. The summed E-state index contributed by atoms with van der Waals surface area (Å²) in [5, 5.41) is 7.46. The highest BCUT2D eigenvalue weighted by molar-refractivity contribution is 5.95. The Morgan fingerprint density at radius 3 is 2.14 bits per heavy atom. The van der Waals surface area contributed by atoms with E-state index in [0.29, 0.717) is 18.7 Å². The number of hydrogen-bond donors (Lipinski definition) is 2. The quantitative estimate of drug-likeness (QED) is 0.629. The molecule has 2 aromatic rings. The Balaban J connectivity index is 1.60. The van der Waals surface area contributed by atoms with Gasteiger partial charge in [0.2, 0.25) is 0 Å². The number of benzene rings is 1. The number of nitrogens with two attached hydrogens (primary N) is 1. The fraction of sp³-hybridized carbons (Fsp3) is 0.381. The molecule has 2 heterocycles. The molecule has 148 valence electrons. The molecule has 0 saturated carbocycles. The fourth-order valence-corrected chi connectivity index (χ4v) is 3.03. The molecule has 0 atom stereocenters. The summed E-state index contributed by atoms with van der Waals surface area (Å²) in [6, 6.07) is 11.6. The largest absolute Gasteiger partial charge is 0.444 e. The SMILES string of the molecule is CC(C)(C)OC(=O)N1CCN(c2ccc(-c3ccc(C(=N)N)cc3)cn2)CC1. The molecule has 1 saturated heterocycles. The van der Waals surface area contributed by atoms with Crippen molar-refractivity contribution in [1.82, 2.24) is 9.88 Å². The topological polar surface area (TPSA) is 95.5 Å². The maximum absolute atomic E-state index is 12.2. The Labute approximate surface area is 165 Å². The molecule has 3 N–H and O–H groups in total. The monoisotopic (exact) mass is 381 g/mol. The van der Waals surface area contributed by atoms with Gasteiger partial charge in [-0.25, -0.2) is 9.78 Å². The number of nitrogens with one attached hydrogen (secondary N) is 1. The van der Waals surface area contributed by atoms with Crippen molar-refractivity contribution in [1.29, 1.82) is 5.41 Å². The number of rotatable bonds is 3. The van der Waals surface area contributed by atoms with Crippen LogP contribution < -0.4 is 10.6 Å². The normalized spacial score (nSPS) is 14.7. The van der Waals surface area contributed by atoms with Crippen LogP contribution in [0.15, 0.2) is 42.6 Å². The summed E-state index contributed by atoms with van der Waals surface area (Å²) in [7, 11) is 0. The lowest BCUT2D eigenvalue weighted by Gasteiger charge is -2.36. The van der Waals surface area contributed by atoms with Crippen molar-refractivity contribution in [2.24, 2.45) is 5.73 Å². The van der Waals surface area contributed by atoms with Crippen LogP contribution in [0.5, 0.6) is 0 Å². The lowest BCUT2D eigenvalue weighted by molar-refractivity contribution is 0.0240. The number of nitrogen functional groups attached to an aromatic ring is 1. The summed E-state index contributed by atoms with van der Waals surface area (Å²) in [6.07, 6.45) is 1.59. The van der Waals surface area contributed by atoms with E-state index in [1.54, 1.807) is 4.90 Å². The highest BCUT2D eigenvalue weighted by Gasteiger charge is 2.26. The summed E-state index contributed by atoms with van der Waals surface area (Å²) < 4.78 is 5.44. The molecule has 1 fully saturated rings. The molecular weight excluding hydrogens is 354 g/mol. The van der Waals surface area contributed by atoms with E-state index < -0.39 is 5.60 Å². The zero-order chi connectivity index (χ0) is 20.3. The third-order valence-electron chi connectivity index (χ3n) is 4.53. The average molecular weight is 381 g/mol. The van der Waals surface area contributed by atoms with Gasteiger partial charge < -0.3 is 20.3 Å². The second-order valence-corrected chi connectivity index (χ2v) is 7.85. The van der Waals surface area contributed by atoms with Gasteiger partial charge >= 0.3 is 6.09 Å². The number of amidine groups is 1. The maximum Gasteiger partial charge on any atom is 0.410 e. The number of piperazine rings is 1. The molecule has 3 rings (SSSR count). The summed E-state index contributed by atoms with van der Waals surface area (Å²) in [5.74, 6) is 0.957. The molecule has 1 aliphatic rings. The molecule has 7 heteroatoms. The van der Waals surface area contributed by atoms with E-state index >= 15 is 0 Å². The molecule has 1 aromatic heterocycles. The molecule has 7 nitrogen and oxygen atoms in total. The van der Waals surface area contributed by atoms with Gasteiger partial charge in [-0.3, -0.25) is 5.41 Å². The molecular formula is C21H27N5O2. The van der Waals surface area contributed by atoms with Gasteiger partial charge in [0.05, 0.1) is 0 Å². The minimum Gasteiger partial charge on any atom is -0.444 e. The Kier molecular flexibility index (Phi) is 5.53. The van der Waals surface area contributed by atoms with Gasteiger partial charge in [0.15, 0.2) is 0 Å². The number of amides is 1. The van der Waals surface area contributed by atoms with Crippen LogP contribution in [-0.2, 0) is 4.74 Å². The molecule has 0 radical (unpaired) electrons. The highest BCUT2D eigenvalue weighted by atomic mass is 16.6. The van der Waals surface area contributed by atoms with Crippen LogP contribution in [0.3, 0.4) is 0 Å². The number of carbonyl (C=O) groups excluding carboxylic acids is 1. The first-order valence-corrected chi connectivity index (χ1v) is 9.37. The van der Waals surface area contributed by atoms with Gasteiger partial charge in [-0.15, -0.1) is 0 Å². The van der Waals surface area contributed by atoms with Crippen molar-refractivity contribution in [3.05, 3.63) is 48.2 Å². The van der Waals surface area contributed by atoms with Gasteiger partial charge in [-0.05, 0) is 38.5 Å². The minimum atomic E-state index is -0.478. The van der Waals surface area contributed by atoms with Crippen molar-refractivity contribution in [3.63, 3.8) is 0 Å². The van der Waals surface area contributed by atoms with Crippen molar-refractivity contribution in [2.45, 2.75) is 26.4 Å². The third kappa shape index (κ3) is 4.79. The van der Waals surface area contributed by atoms with E-state index in [9.17, 15) is 4.79 Å². The van der Waals surface area contributed by atoms with Crippen LogP contribution in [0.25, 0.3) is 11.1 Å². The first-order chi connectivity index (χ1) is 13.2. The lowest BCUT2D eigenvalue weighted by Crippen LogP contribution is -2.50. The van der Waals surface area contributed by atoms with Crippen molar-refractivity contribution in [2.75, 3.05) is 31.1 Å². The minimum absolute atomic E-state index is 0.0607. The van der Waals surface area contributed by atoms with Crippen LogP contribution in [0.2, 0.25) is 0 Å². The molecule has 0 unspecified atom stereocenters. The molecule has 1 amide bonds. The number of anilines is 1. The van der Waals surface area contributed by atoms with Crippen LogP contribution >= 0.6 is 0 Å². The maximum atomic E-state index is 12.2. The zero-order valence-electron chi connectivity index (χ0n) is 16.6. The third-order valence-corrected chi connectivity index (χ3v) is 4.53. The number of hydrogen-bond acceptors (Lipinski definition) is 5. The Bertz CT molecular complexity index is 833. The molecule has 0 aliphatic carbocycles. The lowest BCUT2D eigenvalue weighted by atomic mass is 10.1. The Morgan fingerprint density at radius 1 is 1.04 bits per heavy atom. The molecule has 0 spiro atoms. The van der Waals surface area contributed by atoms with Crippen LogP contribution in [0.4, 0.5) is 10.6 Å². The second-order valence-electron chi connectivity index (χ2n) is 7.85. The van der Waals surface area contributed by atoms with Gasteiger partial charge in [0.1, 0.15) is 17.3 Å². The molecule has 0 bridgehead atoms. The van der Waals surface area contributed by atoms with E-state index in [0.717, 1.165) is 30.0 Å². The highest BCUT2D eigenvalue weighted by Crippen LogP contribution is 2.22. The Hall–Kier alpha value is -3.09. The predicted octanol–water partition coefficient (Wildman–Crippen LogP) is 3.09. The number of nitrogens with zero attached hydrogens (tertiary/aromatic N) is 3. The first kappa shape index (κ1) is 19.7. The number of ether oxygens (including phenoxy) is 1. The van der Waals surface area contributed by atoms with Crippen LogP contribution in [0.1, 0.15) is 26.3 Å². The van der Waals surface area contributed by atoms with E-state index in [2.05, 4.69) is 9.88 Å². The second kappa shape index (κ2) is 7.88. The molecule has 28 heavy (non-hydrogen) atoms. The van der Waals surface area contributed by atoms with Crippen molar-refractivity contribution < 1.29 is 9.53 Å². The zero-order valence-corrected chi connectivity index (χ0v) is 16.6. The first-order valence-electron chi connectivity index (χ1n) is 9.37. The molecule has 1 aliphatic heterocycles. The summed E-state index contributed by atoms with van der Waals surface area (Å²) >= 11 is 0.